The number of alkyl halides is 2. The van der Waals surface area contributed by atoms with E-state index in [-0.39, 0.29) is 11.7 Å². The SMILES string of the molecule is CC(Sc1nnc(-c2ccccc2Cl)n1C)C(=O)Nc1ccc(OC(F)F)cc1. The third-order valence-corrected chi connectivity index (χ3v) is 5.41. The van der Waals surface area contributed by atoms with Gasteiger partial charge in [-0.1, -0.05) is 35.5 Å². The molecule has 1 aromatic heterocycles. The molecule has 3 aromatic rings. The fraction of sp³-hybridized carbons (Fsp3) is 0.211. The number of nitrogens with one attached hydrogen (secondary N) is 1. The van der Waals surface area contributed by atoms with Crippen LogP contribution in [-0.4, -0.2) is 32.5 Å². The summed E-state index contributed by atoms with van der Waals surface area (Å²) in [6.45, 7) is -1.16. The van der Waals surface area contributed by atoms with Gasteiger partial charge in [0.25, 0.3) is 0 Å². The lowest BCUT2D eigenvalue weighted by atomic mass is 10.2. The average molecular weight is 439 g/mol. The summed E-state index contributed by atoms with van der Waals surface area (Å²) in [5.74, 6) is 0.353. The van der Waals surface area contributed by atoms with Crippen LogP contribution in [0.2, 0.25) is 5.02 Å². The Bertz CT molecular complexity index is 998. The summed E-state index contributed by atoms with van der Waals surface area (Å²) in [6, 6.07) is 13.0. The van der Waals surface area contributed by atoms with Gasteiger partial charge in [-0.3, -0.25) is 4.79 Å². The Morgan fingerprint density at radius 2 is 1.86 bits per heavy atom. The topological polar surface area (TPSA) is 69.0 Å². The van der Waals surface area contributed by atoms with E-state index in [4.69, 9.17) is 11.6 Å². The number of carbonyl (C=O) groups is 1. The molecule has 29 heavy (non-hydrogen) atoms. The minimum Gasteiger partial charge on any atom is -0.435 e. The molecule has 6 nitrogen and oxygen atoms in total. The Morgan fingerprint density at radius 3 is 2.52 bits per heavy atom. The molecule has 0 bridgehead atoms. The Morgan fingerprint density at radius 1 is 1.17 bits per heavy atom. The van der Waals surface area contributed by atoms with Crippen LogP contribution < -0.4 is 10.1 Å². The minimum absolute atomic E-state index is 0.0200. The Hall–Kier alpha value is -2.65. The summed E-state index contributed by atoms with van der Waals surface area (Å²) in [5, 5.41) is 11.7. The molecule has 1 N–H and O–H groups in total. The minimum atomic E-state index is -2.89. The van der Waals surface area contributed by atoms with Gasteiger partial charge in [0.1, 0.15) is 5.75 Å². The number of amides is 1. The number of rotatable bonds is 7. The van der Waals surface area contributed by atoms with E-state index in [0.717, 1.165) is 5.56 Å². The van der Waals surface area contributed by atoms with Crippen LogP contribution >= 0.6 is 23.4 Å². The van der Waals surface area contributed by atoms with E-state index in [1.165, 1.54) is 36.0 Å². The smallest absolute Gasteiger partial charge is 0.387 e. The summed E-state index contributed by atoms with van der Waals surface area (Å²) in [6.07, 6.45) is 0. The van der Waals surface area contributed by atoms with Crippen molar-refractivity contribution in [3.05, 3.63) is 53.6 Å². The fourth-order valence-electron chi connectivity index (χ4n) is 2.47. The molecule has 1 heterocycles. The highest BCUT2D eigenvalue weighted by atomic mass is 35.5. The number of thioether (sulfide) groups is 1. The van der Waals surface area contributed by atoms with Gasteiger partial charge in [0.2, 0.25) is 5.91 Å². The van der Waals surface area contributed by atoms with Gasteiger partial charge < -0.3 is 14.6 Å². The van der Waals surface area contributed by atoms with Crippen LogP contribution in [0.25, 0.3) is 11.4 Å². The Kier molecular flexibility index (Phi) is 6.71. The Labute approximate surface area is 175 Å². The highest BCUT2D eigenvalue weighted by molar-refractivity contribution is 8.00. The van der Waals surface area contributed by atoms with Crippen molar-refractivity contribution in [1.82, 2.24) is 14.8 Å². The zero-order chi connectivity index (χ0) is 21.0. The van der Waals surface area contributed by atoms with Crippen molar-refractivity contribution in [1.29, 1.82) is 0 Å². The molecule has 3 rings (SSSR count). The van der Waals surface area contributed by atoms with E-state index < -0.39 is 11.9 Å². The van der Waals surface area contributed by atoms with E-state index in [2.05, 4.69) is 20.3 Å². The molecular formula is C19H17ClF2N4O2S. The van der Waals surface area contributed by atoms with E-state index in [0.29, 0.717) is 21.7 Å². The predicted molar refractivity (Wildman–Crippen MR) is 108 cm³/mol. The highest BCUT2D eigenvalue weighted by Gasteiger charge is 2.20. The van der Waals surface area contributed by atoms with Gasteiger partial charge in [0.05, 0.1) is 10.3 Å². The third kappa shape index (κ3) is 5.24. The van der Waals surface area contributed by atoms with Gasteiger partial charge in [0, 0.05) is 18.3 Å². The number of hydrogen-bond donors (Lipinski definition) is 1. The second-order valence-corrected chi connectivity index (χ2v) is 7.71. The molecule has 1 atom stereocenters. The third-order valence-electron chi connectivity index (χ3n) is 3.95. The maximum Gasteiger partial charge on any atom is 0.387 e. The first-order valence-corrected chi connectivity index (χ1v) is 9.77. The molecule has 10 heteroatoms. The van der Waals surface area contributed by atoms with Crippen molar-refractivity contribution in [2.45, 2.75) is 23.9 Å². The molecule has 0 spiro atoms. The molecule has 0 aliphatic rings. The Balaban J connectivity index is 1.65. The number of carbonyl (C=O) groups excluding carboxylic acids is 1. The van der Waals surface area contributed by atoms with Crippen LogP contribution in [-0.2, 0) is 11.8 Å². The van der Waals surface area contributed by atoms with Crippen molar-refractivity contribution in [3.63, 3.8) is 0 Å². The van der Waals surface area contributed by atoms with Crippen molar-refractivity contribution in [2.24, 2.45) is 7.05 Å². The van der Waals surface area contributed by atoms with Gasteiger partial charge in [-0.2, -0.15) is 8.78 Å². The molecule has 0 radical (unpaired) electrons. The second kappa shape index (κ2) is 9.23. The van der Waals surface area contributed by atoms with Crippen LogP contribution in [0.3, 0.4) is 0 Å². The zero-order valence-electron chi connectivity index (χ0n) is 15.5. The van der Waals surface area contributed by atoms with Crippen molar-refractivity contribution in [3.8, 4) is 17.1 Å². The van der Waals surface area contributed by atoms with Gasteiger partial charge in [-0.25, -0.2) is 0 Å². The van der Waals surface area contributed by atoms with Crippen molar-refractivity contribution >= 4 is 35.0 Å². The highest BCUT2D eigenvalue weighted by Crippen LogP contribution is 2.30. The molecule has 0 aliphatic carbocycles. The van der Waals surface area contributed by atoms with E-state index in [1.54, 1.807) is 24.6 Å². The average Bonchev–Trinajstić information content (AvgIpc) is 3.03. The summed E-state index contributed by atoms with van der Waals surface area (Å²) < 4.78 is 30.4. The summed E-state index contributed by atoms with van der Waals surface area (Å²) in [7, 11) is 1.80. The standard InChI is InChI=1S/C19H17ClF2N4O2S/c1-11(17(27)23-12-7-9-13(10-8-12)28-18(21)22)29-19-25-24-16(26(19)2)14-5-3-4-6-15(14)20/h3-11,18H,1-2H3,(H,23,27). The molecule has 0 saturated carbocycles. The quantitative estimate of drug-likeness (QED) is 0.534. The van der Waals surface area contributed by atoms with Crippen molar-refractivity contribution < 1.29 is 18.3 Å². The summed E-state index contributed by atoms with van der Waals surface area (Å²) >= 11 is 7.46. The molecule has 152 valence electrons. The number of anilines is 1. The van der Waals surface area contributed by atoms with E-state index >= 15 is 0 Å². The number of hydrogen-bond acceptors (Lipinski definition) is 5. The number of halogens is 3. The fourth-order valence-corrected chi connectivity index (χ4v) is 3.50. The first-order chi connectivity index (χ1) is 13.8. The molecule has 2 aromatic carbocycles. The van der Waals surface area contributed by atoms with Crippen LogP contribution in [0, 0.1) is 0 Å². The van der Waals surface area contributed by atoms with E-state index in [1.807, 2.05) is 18.2 Å². The first-order valence-electron chi connectivity index (χ1n) is 8.52. The number of ether oxygens (including phenoxy) is 1. The summed E-state index contributed by atoms with van der Waals surface area (Å²) in [4.78, 5) is 12.5. The van der Waals surface area contributed by atoms with Gasteiger partial charge in [-0.15, -0.1) is 10.2 Å². The monoisotopic (exact) mass is 438 g/mol. The number of aromatic nitrogens is 3. The lowest BCUT2D eigenvalue weighted by molar-refractivity contribution is -0.115. The molecular weight excluding hydrogens is 422 g/mol. The normalized spacial score (nSPS) is 12.1. The first kappa shape index (κ1) is 21.1. The molecule has 1 amide bonds. The van der Waals surface area contributed by atoms with Crippen molar-refractivity contribution in [2.75, 3.05) is 5.32 Å². The van der Waals surface area contributed by atoms with Gasteiger partial charge >= 0.3 is 6.61 Å². The largest absolute Gasteiger partial charge is 0.435 e. The number of benzene rings is 2. The maximum absolute atomic E-state index is 12.5. The molecule has 0 fully saturated rings. The maximum atomic E-state index is 12.5. The van der Waals surface area contributed by atoms with Gasteiger partial charge in [0.15, 0.2) is 11.0 Å². The number of nitrogens with zero attached hydrogens (tertiary/aromatic N) is 3. The van der Waals surface area contributed by atoms with Gasteiger partial charge in [-0.05, 0) is 43.3 Å². The zero-order valence-corrected chi connectivity index (χ0v) is 17.0. The van der Waals surface area contributed by atoms with Crippen LogP contribution in [0.1, 0.15) is 6.92 Å². The van der Waals surface area contributed by atoms with E-state index in [9.17, 15) is 13.6 Å². The molecule has 0 aliphatic heterocycles. The van der Waals surface area contributed by atoms with Crippen LogP contribution in [0.15, 0.2) is 53.7 Å². The molecule has 0 saturated heterocycles. The van der Waals surface area contributed by atoms with Crippen LogP contribution in [0.5, 0.6) is 5.75 Å². The predicted octanol–water partition coefficient (Wildman–Crippen LogP) is 4.86. The summed E-state index contributed by atoms with van der Waals surface area (Å²) in [5.41, 5.74) is 1.22. The lowest BCUT2D eigenvalue weighted by Crippen LogP contribution is -2.22. The second-order valence-electron chi connectivity index (χ2n) is 6.00. The molecule has 1 unspecified atom stereocenters. The lowest BCUT2D eigenvalue weighted by Gasteiger charge is -2.12. The van der Waals surface area contributed by atoms with Crippen LogP contribution in [0.4, 0.5) is 14.5 Å².